The lowest BCUT2D eigenvalue weighted by Crippen LogP contribution is -2.38. The fourth-order valence-corrected chi connectivity index (χ4v) is 3.19. The van der Waals surface area contributed by atoms with Crippen molar-refractivity contribution in [2.24, 2.45) is 4.99 Å². The van der Waals surface area contributed by atoms with Gasteiger partial charge in [0.05, 0.1) is 20.2 Å². The topological polar surface area (TPSA) is 83.7 Å². The minimum Gasteiger partial charge on any atom is -0.504 e. The van der Waals surface area contributed by atoms with E-state index in [0.29, 0.717) is 25.3 Å². The number of hydrogen-bond donors (Lipinski definition) is 3. The van der Waals surface area contributed by atoms with E-state index in [1.54, 1.807) is 19.4 Å². The molecule has 0 unspecified atom stereocenters. The van der Waals surface area contributed by atoms with Crippen molar-refractivity contribution in [3.63, 3.8) is 0 Å². The van der Waals surface area contributed by atoms with E-state index in [4.69, 9.17) is 9.73 Å². The van der Waals surface area contributed by atoms with E-state index in [-0.39, 0.29) is 5.75 Å². The molecule has 0 aliphatic rings. The summed E-state index contributed by atoms with van der Waals surface area (Å²) >= 11 is 0. The molecule has 0 saturated heterocycles. The van der Waals surface area contributed by atoms with Gasteiger partial charge in [0.15, 0.2) is 17.5 Å². The molecule has 3 rings (SSSR count). The second kappa shape index (κ2) is 10.9. The zero-order valence-electron chi connectivity index (χ0n) is 17.5. The Labute approximate surface area is 177 Å². The number of benzene rings is 2. The first-order valence-electron chi connectivity index (χ1n) is 10.1. The standard InChI is InChI=1S/C23H29N5O2/c1-3-24-23(25-14-12-18-10-6-11-21(30-2)22(18)29)26-16-19-8-4-5-9-20(19)17-28-15-7-13-27-28/h4-11,13,15,29H,3,12,14,16-17H2,1-2H3,(H2,24,25,26). The van der Waals surface area contributed by atoms with E-state index < -0.39 is 0 Å². The van der Waals surface area contributed by atoms with Crippen LogP contribution in [0.2, 0.25) is 0 Å². The van der Waals surface area contributed by atoms with Gasteiger partial charge in [0.2, 0.25) is 0 Å². The summed E-state index contributed by atoms with van der Waals surface area (Å²) in [5.41, 5.74) is 3.19. The number of hydrogen-bond acceptors (Lipinski definition) is 4. The normalized spacial score (nSPS) is 11.3. The van der Waals surface area contributed by atoms with Crippen LogP contribution >= 0.6 is 0 Å². The summed E-state index contributed by atoms with van der Waals surface area (Å²) in [5, 5.41) is 21.1. The van der Waals surface area contributed by atoms with Gasteiger partial charge in [-0.1, -0.05) is 36.4 Å². The molecule has 0 radical (unpaired) electrons. The average molecular weight is 408 g/mol. The van der Waals surface area contributed by atoms with Crippen molar-refractivity contribution in [2.45, 2.75) is 26.4 Å². The molecule has 158 valence electrons. The van der Waals surface area contributed by atoms with Crippen LogP contribution < -0.4 is 15.4 Å². The molecule has 0 bridgehead atoms. The first kappa shape index (κ1) is 21.2. The summed E-state index contributed by atoms with van der Waals surface area (Å²) < 4.78 is 7.08. The highest BCUT2D eigenvalue weighted by Crippen LogP contribution is 2.29. The maximum absolute atomic E-state index is 10.2. The Morgan fingerprint density at radius 3 is 2.60 bits per heavy atom. The first-order chi connectivity index (χ1) is 14.7. The molecular weight excluding hydrogens is 378 g/mol. The predicted octanol–water partition coefficient (Wildman–Crippen LogP) is 2.94. The van der Waals surface area contributed by atoms with Crippen LogP contribution in [-0.2, 0) is 19.5 Å². The Hall–Kier alpha value is -3.48. The molecule has 3 aromatic rings. The maximum Gasteiger partial charge on any atom is 0.191 e. The number of rotatable bonds is 9. The number of aromatic nitrogens is 2. The third-order valence-corrected chi connectivity index (χ3v) is 4.75. The summed E-state index contributed by atoms with van der Waals surface area (Å²) in [5.74, 6) is 1.42. The van der Waals surface area contributed by atoms with Crippen molar-refractivity contribution in [3.05, 3.63) is 77.6 Å². The van der Waals surface area contributed by atoms with Gasteiger partial charge >= 0.3 is 0 Å². The first-order valence-corrected chi connectivity index (χ1v) is 10.1. The maximum atomic E-state index is 10.2. The molecule has 1 aromatic heterocycles. The number of para-hydroxylation sites is 1. The Morgan fingerprint density at radius 2 is 1.87 bits per heavy atom. The SMILES string of the molecule is CCNC(=NCc1ccccc1Cn1cccn1)NCCc1cccc(OC)c1O. The monoisotopic (exact) mass is 407 g/mol. The molecule has 0 spiro atoms. The molecular formula is C23H29N5O2. The average Bonchev–Trinajstić information content (AvgIpc) is 3.27. The second-order valence-corrected chi connectivity index (χ2v) is 6.81. The smallest absolute Gasteiger partial charge is 0.191 e. The Morgan fingerprint density at radius 1 is 1.07 bits per heavy atom. The minimum absolute atomic E-state index is 0.191. The van der Waals surface area contributed by atoms with Crippen molar-refractivity contribution >= 4 is 5.96 Å². The number of phenolic OH excluding ortho intramolecular Hbond substituents is 1. The van der Waals surface area contributed by atoms with Crippen LogP contribution in [0.4, 0.5) is 0 Å². The van der Waals surface area contributed by atoms with Crippen molar-refractivity contribution in [2.75, 3.05) is 20.2 Å². The Kier molecular flexibility index (Phi) is 7.71. The zero-order chi connectivity index (χ0) is 21.2. The molecule has 0 amide bonds. The van der Waals surface area contributed by atoms with Crippen LogP contribution in [0.5, 0.6) is 11.5 Å². The molecule has 7 nitrogen and oxygen atoms in total. The van der Waals surface area contributed by atoms with Gasteiger partial charge in [0.1, 0.15) is 0 Å². The Balaban J connectivity index is 1.63. The molecule has 7 heteroatoms. The van der Waals surface area contributed by atoms with E-state index in [9.17, 15) is 5.11 Å². The van der Waals surface area contributed by atoms with E-state index in [1.165, 1.54) is 5.56 Å². The van der Waals surface area contributed by atoms with Crippen LogP contribution in [0.3, 0.4) is 0 Å². The molecule has 0 atom stereocenters. The molecule has 1 heterocycles. The van der Waals surface area contributed by atoms with E-state index in [0.717, 1.165) is 30.2 Å². The summed E-state index contributed by atoms with van der Waals surface area (Å²) in [7, 11) is 1.55. The van der Waals surface area contributed by atoms with Crippen molar-refractivity contribution < 1.29 is 9.84 Å². The van der Waals surface area contributed by atoms with Gasteiger partial charge < -0.3 is 20.5 Å². The van der Waals surface area contributed by atoms with Crippen LogP contribution in [0.15, 0.2) is 65.9 Å². The summed E-state index contributed by atoms with van der Waals surface area (Å²) in [6, 6.07) is 15.7. The molecule has 3 N–H and O–H groups in total. The third kappa shape index (κ3) is 5.76. The number of phenols is 1. The number of nitrogens with one attached hydrogen (secondary N) is 2. The second-order valence-electron chi connectivity index (χ2n) is 6.81. The number of guanidine groups is 1. The lowest BCUT2D eigenvalue weighted by atomic mass is 10.1. The molecule has 2 aromatic carbocycles. The van der Waals surface area contributed by atoms with E-state index >= 15 is 0 Å². The highest BCUT2D eigenvalue weighted by Gasteiger charge is 2.08. The van der Waals surface area contributed by atoms with Crippen molar-refractivity contribution in [1.29, 1.82) is 0 Å². The predicted molar refractivity (Wildman–Crippen MR) is 119 cm³/mol. The zero-order valence-corrected chi connectivity index (χ0v) is 17.5. The van der Waals surface area contributed by atoms with E-state index in [1.807, 2.05) is 48.1 Å². The largest absolute Gasteiger partial charge is 0.504 e. The van der Waals surface area contributed by atoms with Crippen LogP contribution in [0.1, 0.15) is 23.6 Å². The highest BCUT2D eigenvalue weighted by atomic mass is 16.5. The lowest BCUT2D eigenvalue weighted by Gasteiger charge is -2.13. The van der Waals surface area contributed by atoms with Gasteiger partial charge in [-0.15, -0.1) is 0 Å². The highest BCUT2D eigenvalue weighted by molar-refractivity contribution is 5.79. The van der Waals surface area contributed by atoms with Gasteiger partial charge in [0, 0.05) is 25.5 Å². The minimum atomic E-state index is 0.191. The van der Waals surface area contributed by atoms with Crippen LogP contribution in [0, 0.1) is 0 Å². The van der Waals surface area contributed by atoms with Gasteiger partial charge in [-0.3, -0.25) is 4.68 Å². The Bertz CT molecular complexity index is 954. The fourth-order valence-electron chi connectivity index (χ4n) is 3.19. The molecule has 0 aliphatic carbocycles. The summed E-state index contributed by atoms with van der Waals surface area (Å²) in [6.07, 6.45) is 4.40. The summed E-state index contributed by atoms with van der Waals surface area (Å²) in [4.78, 5) is 4.74. The quantitative estimate of drug-likeness (QED) is 0.375. The number of nitrogens with zero attached hydrogens (tertiary/aromatic N) is 3. The van der Waals surface area contributed by atoms with Gasteiger partial charge in [0.25, 0.3) is 0 Å². The van der Waals surface area contributed by atoms with Crippen molar-refractivity contribution in [3.8, 4) is 11.5 Å². The molecule has 0 saturated carbocycles. The number of aliphatic imine (C=N–C) groups is 1. The number of aromatic hydroxyl groups is 1. The summed E-state index contributed by atoms with van der Waals surface area (Å²) in [6.45, 7) is 4.73. The third-order valence-electron chi connectivity index (χ3n) is 4.75. The van der Waals surface area contributed by atoms with E-state index in [2.05, 4.69) is 27.9 Å². The number of methoxy groups -OCH3 is 1. The van der Waals surface area contributed by atoms with Crippen LogP contribution in [0.25, 0.3) is 0 Å². The van der Waals surface area contributed by atoms with Crippen LogP contribution in [-0.4, -0.2) is 41.0 Å². The fraction of sp³-hybridized carbons (Fsp3) is 0.304. The van der Waals surface area contributed by atoms with Gasteiger partial charge in [-0.2, -0.15) is 5.10 Å². The lowest BCUT2D eigenvalue weighted by molar-refractivity contribution is 0.370. The molecule has 30 heavy (non-hydrogen) atoms. The van der Waals surface area contributed by atoms with Gasteiger partial charge in [-0.05, 0) is 42.2 Å². The number of ether oxygens (including phenoxy) is 1. The van der Waals surface area contributed by atoms with Crippen molar-refractivity contribution in [1.82, 2.24) is 20.4 Å². The molecule has 0 aliphatic heterocycles. The molecule has 0 fully saturated rings. The van der Waals surface area contributed by atoms with Gasteiger partial charge in [-0.25, -0.2) is 4.99 Å².